The average Bonchev–Trinajstić information content (AvgIpc) is 2.83. The van der Waals surface area contributed by atoms with Crippen LogP contribution in [0, 0.1) is 11.8 Å². The number of rotatable bonds is 4. The zero-order valence-corrected chi connectivity index (χ0v) is 13.0. The monoisotopic (exact) mass is 238 g/mol. The quantitative estimate of drug-likeness (QED) is 0.498. The van der Waals surface area contributed by atoms with Crippen molar-refractivity contribution in [2.45, 2.75) is 73.6 Å². The molecule has 0 aromatic carbocycles. The zero-order chi connectivity index (χ0) is 13.5. The molecule has 0 aromatic rings. The van der Waals surface area contributed by atoms with E-state index in [-0.39, 0.29) is 0 Å². The summed E-state index contributed by atoms with van der Waals surface area (Å²) in [6, 6.07) is 0. The first-order valence-electron chi connectivity index (χ1n) is 7.68. The molecule has 0 aliphatic heterocycles. The normalized spacial score (nSPS) is 23.2. The second kappa shape index (κ2) is 15.5. The van der Waals surface area contributed by atoms with Crippen LogP contribution >= 0.6 is 0 Å². The Bertz CT molecular complexity index is 176. The van der Waals surface area contributed by atoms with Gasteiger partial charge in [-0.1, -0.05) is 71.8 Å². The van der Waals surface area contributed by atoms with Crippen LogP contribution in [0.1, 0.15) is 73.6 Å². The van der Waals surface area contributed by atoms with Gasteiger partial charge in [-0.05, 0) is 38.0 Å². The van der Waals surface area contributed by atoms with Crippen molar-refractivity contribution in [3.63, 3.8) is 0 Å². The van der Waals surface area contributed by atoms with Crippen LogP contribution in [0.2, 0.25) is 0 Å². The Balaban J connectivity index is 0. The van der Waals surface area contributed by atoms with E-state index < -0.39 is 0 Å². The van der Waals surface area contributed by atoms with Crippen LogP contribution in [0.4, 0.5) is 0 Å². The molecule has 102 valence electrons. The number of allylic oxidation sites excluding steroid dienone is 4. The van der Waals surface area contributed by atoms with Crippen LogP contribution in [0.5, 0.6) is 0 Å². The minimum atomic E-state index is 0.832. The summed E-state index contributed by atoms with van der Waals surface area (Å²) in [4.78, 5) is 0. The van der Waals surface area contributed by atoms with Gasteiger partial charge >= 0.3 is 0 Å². The molecule has 2 unspecified atom stereocenters. The number of hydrogen-bond donors (Lipinski definition) is 0. The van der Waals surface area contributed by atoms with Crippen molar-refractivity contribution in [3.8, 4) is 0 Å². The highest BCUT2D eigenvalue weighted by molar-refractivity contribution is 5.01. The molecule has 17 heavy (non-hydrogen) atoms. The molecule has 0 nitrogen and oxygen atoms in total. The highest BCUT2D eigenvalue weighted by Gasteiger charge is 2.21. The molecule has 1 rings (SSSR count). The summed E-state index contributed by atoms with van der Waals surface area (Å²) in [5.74, 6) is 1.67. The molecule has 0 radical (unpaired) electrons. The smallest absolute Gasteiger partial charge is 0.0171 e. The highest BCUT2D eigenvalue weighted by Crippen LogP contribution is 2.33. The molecule has 0 heterocycles. The van der Waals surface area contributed by atoms with Gasteiger partial charge in [0.15, 0.2) is 0 Å². The maximum absolute atomic E-state index is 2.45. The molecule has 0 aromatic heterocycles. The van der Waals surface area contributed by atoms with Gasteiger partial charge in [-0.3, -0.25) is 0 Å². The molecule has 0 spiro atoms. The first kappa shape index (κ1) is 18.8. The van der Waals surface area contributed by atoms with Crippen molar-refractivity contribution >= 4 is 0 Å². The summed E-state index contributed by atoms with van der Waals surface area (Å²) >= 11 is 0. The minimum Gasteiger partial charge on any atom is -0.0914 e. The van der Waals surface area contributed by atoms with Gasteiger partial charge in [-0.15, -0.1) is 0 Å². The SMILES string of the molecule is C/C=C\C1CCCC1/C=C\CCC.CC.CC. The Morgan fingerprint density at radius 1 is 0.941 bits per heavy atom. The van der Waals surface area contributed by atoms with E-state index in [0.29, 0.717) is 0 Å². The maximum Gasteiger partial charge on any atom is -0.0171 e. The van der Waals surface area contributed by atoms with Gasteiger partial charge < -0.3 is 0 Å². The maximum atomic E-state index is 2.45. The summed E-state index contributed by atoms with van der Waals surface area (Å²) in [6.45, 7) is 12.4. The molecule has 2 atom stereocenters. The Hall–Kier alpha value is -0.520. The fourth-order valence-electron chi connectivity index (χ4n) is 2.18. The van der Waals surface area contributed by atoms with Crippen LogP contribution in [0.25, 0.3) is 0 Å². The lowest BCUT2D eigenvalue weighted by molar-refractivity contribution is 0.556. The first-order valence-corrected chi connectivity index (χ1v) is 7.68. The van der Waals surface area contributed by atoms with Gasteiger partial charge in [0.2, 0.25) is 0 Å². The third-order valence-corrected chi connectivity index (χ3v) is 2.90. The number of unbranched alkanes of at least 4 members (excludes halogenated alkanes) is 1. The Labute approximate surface area is 110 Å². The molecule has 0 bridgehead atoms. The third-order valence-electron chi connectivity index (χ3n) is 2.90. The molecule has 1 aliphatic rings. The van der Waals surface area contributed by atoms with Crippen LogP contribution in [0.15, 0.2) is 24.3 Å². The van der Waals surface area contributed by atoms with Crippen LogP contribution in [-0.4, -0.2) is 0 Å². The number of hydrogen-bond acceptors (Lipinski definition) is 0. The van der Waals surface area contributed by atoms with Gasteiger partial charge in [0.1, 0.15) is 0 Å². The minimum absolute atomic E-state index is 0.832. The third kappa shape index (κ3) is 9.21. The summed E-state index contributed by atoms with van der Waals surface area (Å²) in [6.07, 6.45) is 16.1. The Morgan fingerprint density at radius 2 is 1.47 bits per heavy atom. The highest BCUT2D eigenvalue weighted by atomic mass is 14.3. The van der Waals surface area contributed by atoms with Gasteiger partial charge in [0, 0.05) is 0 Å². The van der Waals surface area contributed by atoms with Crippen LogP contribution < -0.4 is 0 Å². The Morgan fingerprint density at radius 3 is 1.94 bits per heavy atom. The molecule has 0 N–H and O–H groups in total. The molecule has 1 fully saturated rings. The summed E-state index contributed by atoms with van der Waals surface area (Å²) < 4.78 is 0. The lowest BCUT2D eigenvalue weighted by Gasteiger charge is -2.10. The van der Waals surface area contributed by atoms with E-state index >= 15 is 0 Å². The Kier molecular flexibility index (Phi) is 17.2. The van der Waals surface area contributed by atoms with Crippen LogP contribution in [0.3, 0.4) is 0 Å². The first-order chi connectivity index (χ1) is 8.38. The fraction of sp³-hybridized carbons (Fsp3) is 0.765. The lowest BCUT2D eigenvalue weighted by Crippen LogP contribution is -2.00. The van der Waals surface area contributed by atoms with E-state index in [0.717, 1.165) is 11.8 Å². The van der Waals surface area contributed by atoms with E-state index in [1.807, 2.05) is 27.7 Å². The van der Waals surface area contributed by atoms with E-state index in [9.17, 15) is 0 Å². The second-order valence-corrected chi connectivity index (χ2v) is 4.00. The molecule has 1 saturated carbocycles. The fourth-order valence-corrected chi connectivity index (χ4v) is 2.18. The topological polar surface area (TPSA) is 0 Å². The second-order valence-electron chi connectivity index (χ2n) is 4.00. The van der Waals surface area contributed by atoms with Crippen molar-refractivity contribution in [2.24, 2.45) is 11.8 Å². The van der Waals surface area contributed by atoms with Gasteiger partial charge in [-0.2, -0.15) is 0 Å². The molecular weight excluding hydrogens is 204 g/mol. The summed E-state index contributed by atoms with van der Waals surface area (Å²) in [7, 11) is 0. The molecule has 1 aliphatic carbocycles. The van der Waals surface area contributed by atoms with Crippen molar-refractivity contribution in [3.05, 3.63) is 24.3 Å². The average molecular weight is 238 g/mol. The van der Waals surface area contributed by atoms with E-state index in [4.69, 9.17) is 0 Å². The largest absolute Gasteiger partial charge is 0.0914 e. The standard InChI is InChI=1S/C13H22.2C2H6/c1-3-5-6-9-13-11-7-10-12(13)8-4-2;2*1-2/h4,6,8-9,12-13H,3,5,7,10-11H2,1-2H3;2*1-2H3/b8-4-,9-6-;;. The van der Waals surface area contributed by atoms with Crippen molar-refractivity contribution < 1.29 is 0 Å². The molecule has 0 saturated heterocycles. The lowest BCUT2D eigenvalue weighted by atomic mass is 9.95. The predicted molar refractivity (Wildman–Crippen MR) is 82.4 cm³/mol. The van der Waals surface area contributed by atoms with Crippen LogP contribution in [-0.2, 0) is 0 Å². The van der Waals surface area contributed by atoms with E-state index in [2.05, 4.69) is 38.2 Å². The molecule has 0 heteroatoms. The van der Waals surface area contributed by atoms with Crippen molar-refractivity contribution in [1.82, 2.24) is 0 Å². The summed E-state index contributed by atoms with van der Waals surface area (Å²) in [5, 5.41) is 0. The van der Waals surface area contributed by atoms with E-state index in [1.54, 1.807) is 0 Å². The van der Waals surface area contributed by atoms with Gasteiger partial charge in [0.25, 0.3) is 0 Å². The van der Waals surface area contributed by atoms with Crippen molar-refractivity contribution in [1.29, 1.82) is 0 Å². The zero-order valence-electron chi connectivity index (χ0n) is 13.0. The van der Waals surface area contributed by atoms with Gasteiger partial charge in [-0.25, -0.2) is 0 Å². The van der Waals surface area contributed by atoms with Gasteiger partial charge in [0.05, 0.1) is 0 Å². The molecular formula is C17H34. The summed E-state index contributed by atoms with van der Waals surface area (Å²) in [5.41, 5.74) is 0. The predicted octanol–water partition coefficient (Wildman–Crippen LogP) is 6.39. The molecule has 0 amide bonds. The van der Waals surface area contributed by atoms with Crippen molar-refractivity contribution in [2.75, 3.05) is 0 Å². The van der Waals surface area contributed by atoms with E-state index in [1.165, 1.54) is 32.1 Å².